The molecule has 1 aromatic heterocycles. The first-order valence-corrected chi connectivity index (χ1v) is 8.90. The number of hydrogen-bond acceptors (Lipinski definition) is 4. The van der Waals surface area contributed by atoms with Gasteiger partial charge in [-0.15, -0.1) is 0 Å². The smallest absolute Gasteiger partial charge is 0.255 e. The number of primary sulfonamides is 1. The zero-order chi connectivity index (χ0) is 15.5. The van der Waals surface area contributed by atoms with E-state index < -0.39 is 10.0 Å². The first-order chi connectivity index (χ1) is 10.4. The van der Waals surface area contributed by atoms with E-state index in [1.165, 1.54) is 23.4 Å². The number of nitrogens with zero attached hydrogens (tertiary/aromatic N) is 1. The van der Waals surface area contributed by atoms with Gasteiger partial charge < -0.3 is 5.32 Å². The van der Waals surface area contributed by atoms with Crippen molar-refractivity contribution < 1.29 is 8.42 Å². The van der Waals surface area contributed by atoms with Crippen molar-refractivity contribution in [2.75, 3.05) is 5.32 Å². The summed E-state index contributed by atoms with van der Waals surface area (Å²) in [4.78, 5) is 3.79. The van der Waals surface area contributed by atoms with Gasteiger partial charge in [-0.05, 0) is 35.6 Å². The monoisotopic (exact) mass is 335 g/mol. The van der Waals surface area contributed by atoms with E-state index in [0.29, 0.717) is 17.9 Å². The molecule has 1 heterocycles. The normalized spacial score (nSPS) is 25.5. The molecule has 1 saturated carbocycles. The third kappa shape index (κ3) is 2.18. The lowest BCUT2D eigenvalue weighted by Crippen LogP contribution is -2.15. The molecular formula is C15H14ClN3O2S. The lowest BCUT2D eigenvalue weighted by Gasteiger charge is -2.12. The SMILES string of the molecule is NS(=O)(=O)c1cc(NC2C3Cc4c(Cl)cccc4C32)ccn1. The van der Waals surface area contributed by atoms with E-state index in [0.717, 1.165) is 17.1 Å². The number of rotatable bonds is 3. The molecule has 22 heavy (non-hydrogen) atoms. The predicted octanol–water partition coefficient (Wildman–Crippen LogP) is 2.13. The minimum absolute atomic E-state index is 0.119. The number of sulfonamides is 1. The molecule has 3 N–H and O–H groups in total. The first kappa shape index (κ1) is 14.0. The number of fused-ring (bicyclic) bond motifs is 3. The lowest BCUT2D eigenvalue weighted by molar-refractivity contribution is 0.594. The van der Waals surface area contributed by atoms with Gasteiger partial charge in [-0.2, -0.15) is 0 Å². The van der Waals surface area contributed by atoms with Gasteiger partial charge in [0.2, 0.25) is 0 Å². The summed E-state index contributed by atoms with van der Waals surface area (Å²) in [6, 6.07) is 9.56. The Labute approximate surface area is 133 Å². The van der Waals surface area contributed by atoms with Crippen molar-refractivity contribution in [3.05, 3.63) is 52.7 Å². The highest BCUT2D eigenvalue weighted by molar-refractivity contribution is 7.89. The van der Waals surface area contributed by atoms with Crippen molar-refractivity contribution in [3.8, 4) is 0 Å². The predicted molar refractivity (Wildman–Crippen MR) is 84.4 cm³/mol. The Hall–Kier alpha value is -1.63. The number of hydrogen-bond donors (Lipinski definition) is 2. The van der Waals surface area contributed by atoms with Crippen LogP contribution in [0.25, 0.3) is 0 Å². The summed E-state index contributed by atoms with van der Waals surface area (Å²) in [5.74, 6) is 0.959. The Morgan fingerprint density at radius 1 is 1.32 bits per heavy atom. The Bertz CT molecular complexity index is 869. The summed E-state index contributed by atoms with van der Waals surface area (Å²) in [6.07, 6.45) is 2.41. The fourth-order valence-electron chi connectivity index (χ4n) is 3.43. The van der Waals surface area contributed by atoms with Crippen molar-refractivity contribution in [3.63, 3.8) is 0 Å². The van der Waals surface area contributed by atoms with Gasteiger partial charge >= 0.3 is 0 Å². The largest absolute Gasteiger partial charge is 0.381 e. The second-order valence-electron chi connectivity index (χ2n) is 5.80. The van der Waals surface area contributed by atoms with Crippen LogP contribution in [0.2, 0.25) is 5.02 Å². The molecule has 2 aliphatic carbocycles. The number of aromatic nitrogens is 1. The fourth-order valence-corrected chi connectivity index (χ4v) is 4.19. The fraction of sp³-hybridized carbons (Fsp3) is 0.267. The highest BCUT2D eigenvalue weighted by Crippen LogP contribution is 2.58. The zero-order valence-electron chi connectivity index (χ0n) is 11.5. The first-order valence-electron chi connectivity index (χ1n) is 6.98. The summed E-state index contributed by atoms with van der Waals surface area (Å²) in [6.45, 7) is 0. The minimum atomic E-state index is -3.78. The summed E-state index contributed by atoms with van der Waals surface area (Å²) in [5.41, 5.74) is 3.27. The minimum Gasteiger partial charge on any atom is -0.381 e. The number of anilines is 1. The van der Waals surface area contributed by atoms with Crippen LogP contribution in [-0.2, 0) is 16.4 Å². The maximum Gasteiger partial charge on any atom is 0.255 e. The highest BCUT2D eigenvalue weighted by Gasteiger charge is 2.56. The van der Waals surface area contributed by atoms with Crippen LogP contribution < -0.4 is 10.5 Å². The van der Waals surface area contributed by atoms with E-state index in [-0.39, 0.29) is 5.03 Å². The molecule has 114 valence electrons. The van der Waals surface area contributed by atoms with Crippen molar-refractivity contribution in [2.45, 2.75) is 23.4 Å². The van der Waals surface area contributed by atoms with Crippen molar-refractivity contribution >= 4 is 27.3 Å². The quantitative estimate of drug-likeness (QED) is 0.899. The van der Waals surface area contributed by atoms with Gasteiger partial charge in [0, 0.05) is 34.9 Å². The van der Waals surface area contributed by atoms with E-state index >= 15 is 0 Å². The van der Waals surface area contributed by atoms with Crippen molar-refractivity contribution in [1.29, 1.82) is 0 Å². The third-order valence-electron chi connectivity index (χ3n) is 4.48. The molecule has 0 radical (unpaired) electrons. The van der Waals surface area contributed by atoms with Crippen LogP contribution in [-0.4, -0.2) is 19.4 Å². The number of pyridine rings is 1. The van der Waals surface area contributed by atoms with Gasteiger partial charge in [-0.25, -0.2) is 18.5 Å². The molecule has 1 fully saturated rings. The van der Waals surface area contributed by atoms with Gasteiger partial charge in [-0.3, -0.25) is 0 Å². The Morgan fingerprint density at radius 2 is 2.14 bits per heavy atom. The summed E-state index contributed by atoms with van der Waals surface area (Å²) < 4.78 is 22.7. The van der Waals surface area contributed by atoms with Crippen LogP contribution in [0.15, 0.2) is 41.6 Å². The van der Waals surface area contributed by atoms with Gasteiger partial charge in [-0.1, -0.05) is 23.7 Å². The van der Waals surface area contributed by atoms with Crippen LogP contribution >= 0.6 is 11.6 Å². The second-order valence-corrected chi connectivity index (χ2v) is 7.71. The van der Waals surface area contributed by atoms with Crippen molar-refractivity contribution in [1.82, 2.24) is 4.98 Å². The van der Waals surface area contributed by atoms with Gasteiger partial charge in [0.1, 0.15) is 0 Å². The number of halogens is 1. The Balaban J connectivity index is 1.56. The summed E-state index contributed by atoms with van der Waals surface area (Å²) in [7, 11) is -3.78. The van der Waals surface area contributed by atoms with Gasteiger partial charge in [0.25, 0.3) is 10.0 Å². The van der Waals surface area contributed by atoms with Gasteiger partial charge in [0.05, 0.1) is 0 Å². The topological polar surface area (TPSA) is 85.1 Å². The standard InChI is InChI=1S/C15H14ClN3O2S/c16-12-3-1-2-9-10(12)7-11-14(9)15(11)19-8-4-5-18-13(6-8)22(17,20)21/h1-6,11,14-15H,7H2,(H,18,19)(H2,17,20,21). The number of nitrogens with one attached hydrogen (secondary N) is 1. The Morgan fingerprint density at radius 3 is 2.91 bits per heavy atom. The molecular weight excluding hydrogens is 322 g/mol. The molecule has 1 aromatic carbocycles. The van der Waals surface area contributed by atoms with E-state index in [1.807, 2.05) is 12.1 Å². The maximum absolute atomic E-state index is 11.4. The molecule has 3 atom stereocenters. The molecule has 0 amide bonds. The van der Waals surface area contributed by atoms with E-state index in [4.69, 9.17) is 16.7 Å². The Kier molecular flexibility index (Phi) is 2.98. The zero-order valence-corrected chi connectivity index (χ0v) is 13.1. The summed E-state index contributed by atoms with van der Waals surface area (Å²) >= 11 is 6.23. The molecule has 7 heteroatoms. The van der Waals surface area contributed by atoms with E-state index in [1.54, 1.807) is 6.07 Å². The molecule has 0 saturated heterocycles. The second kappa shape index (κ2) is 4.68. The van der Waals surface area contributed by atoms with Crippen LogP contribution in [0.3, 0.4) is 0 Å². The molecule has 0 spiro atoms. The maximum atomic E-state index is 11.4. The molecule has 0 bridgehead atoms. The third-order valence-corrected chi connectivity index (χ3v) is 5.64. The highest BCUT2D eigenvalue weighted by atomic mass is 35.5. The molecule has 5 nitrogen and oxygen atoms in total. The average molecular weight is 336 g/mol. The molecule has 4 rings (SSSR count). The van der Waals surface area contributed by atoms with Gasteiger partial charge in [0.15, 0.2) is 5.03 Å². The van der Waals surface area contributed by atoms with E-state index in [2.05, 4.69) is 16.4 Å². The molecule has 3 unspecified atom stereocenters. The van der Waals surface area contributed by atoms with Crippen LogP contribution in [0.4, 0.5) is 5.69 Å². The van der Waals surface area contributed by atoms with Crippen LogP contribution in [0.1, 0.15) is 17.0 Å². The molecule has 0 aliphatic heterocycles. The average Bonchev–Trinajstić information content (AvgIpc) is 2.97. The molecule has 2 aromatic rings. The lowest BCUT2D eigenvalue weighted by atomic mass is 10.0. The number of nitrogens with two attached hydrogens (primary N) is 1. The number of benzene rings is 1. The van der Waals surface area contributed by atoms with Crippen LogP contribution in [0.5, 0.6) is 0 Å². The molecule has 2 aliphatic rings. The summed E-state index contributed by atoms with van der Waals surface area (Å²) in [5, 5.41) is 9.22. The van der Waals surface area contributed by atoms with Crippen molar-refractivity contribution in [2.24, 2.45) is 11.1 Å². The van der Waals surface area contributed by atoms with E-state index in [9.17, 15) is 8.42 Å². The van der Waals surface area contributed by atoms with Crippen LogP contribution in [0, 0.1) is 5.92 Å².